The van der Waals surface area contributed by atoms with Crippen molar-refractivity contribution in [2.75, 3.05) is 32.8 Å². The Labute approximate surface area is 322 Å². The van der Waals surface area contributed by atoms with Gasteiger partial charge >= 0.3 is 0 Å². The van der Waals surface area contributed by atoms with E-state index < -0.39 is 5.82 Å². The highest BCUT2D eigenvalue weighted by Crippen LogP contribution is 2.26. The Morgan fingerprint density at radius 1 is 0.868 bits per heavy atom. The van der Waals surface area contributed by atoms with Crippen molar-refractivity contribution < 1.29 is 23.4 Å². The summed E-state index contributed by atoms with van der Waals surface area (Å²) < 4.78 is 32.2. The maximum atomic E-state index is 14.9. The van der Waals surface area contributed by atoms with Crippen LogP contribution in [-0.2, 0) is 24.4 Å². The molecule has 1 amide bonds. The lowest BCUT2D eigenvalue weighted by atomic mass is 10.0. The number of nitrogens with zero attached hydrogens (tertiary/aromatic N) is 3. The number of halogens is 3. The number of hydrogen-bond acceptors (Lipinski definition) is 6. The average molecular weight is 757 g/mol. The molecule has 7 nitrogen and oxygen atoms in total. The highest BCUT2D eigenvalue weighted by Gasteiger charge is 2.20. The van der Waals surface area contributed by atoms with Gasteiger partial charge in [0.15, 0.2) is 11.6 Å². The molecule has 2 heterocycles. The van der Waals surface area contributed by atoms with Crippen molar-refractivity contribution in [3.8, 4) is 23.1 Å². The first-order valence-corrected chi connectivity index (χ1v) is 18.0. The zero-order valence-electron chi connectivity index (χ0n) is 29.9. The highest BCUT2D eigenvalue weighted by molar-refractivity contribution is 6.31. The van der Waals surface area contributed by atoms with Gasteiger partial charge in [-0.3, -0.25) is 9.69 Å². The van der Waals surface area contributed by atoms with Crippen molar-refractivity contribution in [3.05, 3.63) is 154 Å². The lowest BCUT2D eigenvalue weighted by molar-refractivity contribution is -0.127. The van der Waals surface area contributed by atoms with Gasteiger partial charge in [-0.15, -0.1) is 12.4 Å². The van der Waals surface area contributed by atoms with Crippen molar-refractivity contribution in [2.45, 2.75) is 39.3 Å². The Kier molecular flexibility index (Phi) is 14.3. The predicted molar refractivity (Wildman–Crippen MR) is 211 cm³/mol. The molecule has 1 fully saturated rings. The fraction of sp³-hybridized carbons (Fsp3) is 0.256. The lowest BCUT2D eigenvalue weighted by Gasteiger charge is -2.34. The summed E-state index contributed by atoms with van der Waals surface area (Å²) in [6.45, 7) is 8.98. The maximum absolute atomic E-state index is 14.9. The van der Waals surface area contributed by atoms with Crippen LogP contribution >= 0.6 is 24.0 Å². The third-order valence-corrected chi connectivity index (χ3v) is 9.34. The molecule has 0 spiro atoms. The number of benzene rings is 4. The Balaban J connectivity index is 0.00000541. The van der Waals surface area contributed by atoms with Crippen LogP contribution in [0.1, 0.15) is 47.6 Å². The standard InChI is InChI=1S/C43H43ClFN3O4.ClH/c1-31(2)35-13-15-37(16-14-35)50-26-21-32-7-9-34(10-8-32)29-47-22-24-48(25-23-47)43(49)20-12-33-11-18-41(40(45)27-33)52-42-19-17-38(28-46-42)51-30-36-5-3-4-6-39(36)44;/h3-20,27-28,31H,21-26,29-30H2,1-2H3;1H. The fourth-order valence-electron chi connectivity index (χ4n) is 5.81. The van der Waals surface area contributed by atoms with Gasteiger partial charge in [0.1, 0.15) is 18.1 Å². The molecule has 4 aromatic carbocycles. The average Bonchev–Trinajstić information content (AvgIpc) is 3.16. The van der Waals surface area contributed by atoms with E-state index in [1.807, 2.05) is 35.2 Å². The Morgan fingerprint density at radius 2 is 1.58 bits per heavy atom. The quantitative estimate of drug-likeness (QED) is 0.105. The van der Waals surface area contributed by atoms with Gasteiger partial charge in [-0.1, -0.05) is 86.1 Å². The summed E-state index contributed by atoms with van der Waals surface area (Å²) in [5, 5.41) is 0.627. The zero-order valence-corrected chi connectivity index (χ0v) is 31.5. The molecule has 5 aromatic rings. The minimum absolute atomic E-state index is 0. The molecule has 10 heteroatoms. The number of amides is 1. The van der Waals surface area contributed by atoms with Crippen LogP contribution in [0, 0.1) is 5.82 Å². The van der Waals surface area contributed by atoms with Gasteiger partial charge in [0.25, 0.3) is 0 Å². The van der Waals surface area contributed by atoms with E-state index in [-0.39, 0.29) is 29.9 Å². The molecule has 0 bridgehead atoms. The number of piperazine rings is 1. The van der Waals surface area contributed by atoms with Crippen molar-refractivity contribution in [3.63, 3.8) is 0 Å². The van der Waals surface area contributed by atoms with E-state index in [9.17, 15) is 9.18 Å². The highest BCUT2D eigenvalue weighted by atomic mass is 35.5. The Bertz CT molecular complexity index is 1950. The lowest BCUT2D eigenvalue weighted by Crippen LogP contribution is -2.47. The van der Waals surface area contributed by atoms with Gasteiger partial charge in [-0.25, -0.2) is 9.37 Å². The van der Waals surface area contributed by atoms with E-state index in [0.29, 0.717) is 48.6 Å². The van der Waals surface area contributed by atoms with Gasteiger partial charge in [-0.2, -0.15) is 0 Å². The van der Waals surface area contributed by atoms with E-state index >= 15 is 0 Å². The molecule has 53 heavy (non-hydrogen) atoms. The number of pyridine rings is 1. The second-order valence-corrected chi connectivity index (χ2v) is 13.5. The van der Waals surface area contributed by atoms with Crippen LogP contribution in [0.25, 0.3) is 6.08 Å². The van der Waals surface area contributed by atoms with E-state index in [4.69, 9.17) is 25.8 Å². The Morgan fingerprint density at radius 3 is 2.26 bits per heavy atom. The van der Waals surface area contributed by atoms with Crippen molar-refractivity contribution in [2.24, 2.45) is 0 Å². The fourth-order valence-corrected chi connectivity index (χ4v) is 6.00. The van der Waals surface area contributed by atoms with Crippen LogP contribution in [0.4, 0.5) is 4.39 Å². The number of aromatic nitrogens is 1. The molecule has 1 aliphatic rings. The molecule has 1 aliphatic heterocycles. The van der Waals surface area contributed by atoms with Gasteiger partial charge in [-0.05, 0) is 70.6 Å². The second kappa shape index (κ2) is 19.3. The summed E-state index contributed by atoms with van der Waals surface area (Å²) in [7, 11) is 0. The molecule has 1 aromatic heterocycles. The smallest absolute Gasteiger partial charge is 0.246 e. The normalized spacial score (nSPS) is 13.2. The zero-order chi connectivity index (χ0) is 36.3. The van der Waals surface area contributed by atoms with Crippen molar-refractivity contribution in [1.29, 1.82) is 0 Å². The molecule has 6 rings (SSSR count). The monoisotopic (exact) mass is 755 g/mol. The van der Waals surface area contributed by atoms with Gasteiger partial charge < -0.3 is 19.1 Å². The van der Waals surface area contributed by atoms with Crippen LogP contribution in [0.5, 0.6) is 23.1 Å². The molecule has 0 atom stereocenters. The third-order valence-electron chi connectivity index (χ3n) is 8.97. The van der Waals surface area contributed by atoms with Crippen LogP contribution in [0.2, 0.25) is 5.02 Å². The minimum atomic E-state index is -0.558. The van der Waals surface area contributed by atoms with Crippen LogP contribution < -0.4 is 14.2 Å². The number of hydrogen-bond donors (Lipinski definition) is 0. The predicted octanol–water partition coefficient (Wildman–Crippen LogP) is 9.77. The Hall–Kier alpha value is -4.89. The summed E-state index contributed by atoms with van der Waals surface area (Å²) in [4.78, 5) is 21.3. The summed E-state index contributed by atoms with van der Waals surface area (Å²) in [5.74, 6) is 1.55. The van der Waals surface area contributed by atoms with Crippen molar-refractivity contribution in [1.82, 2.24) is 14.8 Å². The van der Waals surface area contributed by atoms with E-state index in [1.165, 1.54) is 41.1 Å². The van der Waals surface area contributed by atoms with Crippen molar-refractivity contribution >= 4 is 36.0 Å². The van der Waals surface area contributed by atoms with Crippen LogP contribution in [0.3, 0.4) is 0 Å². The first-order valence-electron chi connectivity index (χ1n) is 17.6. The van der Waals surface area contributed by atoms with E-state index in [0.717, 1.165) is 37.4 Å². The minimum Gasteiger partial charge on any atom is -0.493 e. The number of ether oxygens (including phenoxy) is 3. The second-order valence-electron chi connectivity index (χ2n) is 13.1. The molecule has 0 saturated carbocycles. The molecular weight excluding hydrogens is 712 g/mol. The molecule has 0 unspecified atom stereocenters. The number of carbonyl (C=O) groups is 1. The van der Waals surface area contributed by atoms with Crippen LogP contribution in [-0.4, -0.2) is 53.5 Å². The van der Waals surface area contributed by atoms with E-state index in [1.54, 1.807) is 30.3 Å². The molecule has 0 radical (unpaired) electrons. The summed E-state index contributed by atoms with van der Waals surface area (Å²) in [6, 6.07) is 32.3. The molecule has 0 aliphatic carbocycles. The molecule has 1 saturated heterocycles. The first kappa shape index (κ1) is 39.3. The molecule has 276 valence electrons. The summed E-state index contributed by atoms with van der Waals surface area (Å²) in [6.07, 6.45) is 5.48. The summed E-state index contributed by atoms with van der Waals surface area (Å²) in [5.41, 5.74) is 5.22. The number of carbonyl (C=O) groups excluding carboxylic acids is 1. The third kappa shape index (κ3) is 11.5. The topological polar surface area (TPSA) is 64.1 Å². The van der Waals surface area contributed by atoms with Gasteiger partial charge in [0, 0.05) is 61.9 Å². The first-order chi connectivity index (χ1) is 25.3. The SMILES string of the molecule is CC(C)c1ccc(OCCc2ccc(CN3CCN(C(=O)C=Cc4ccc(Oc5ccc(OCc6ccccc6Cl)cn5)c(F)c4)CC3)cc2)cc1.Cl. The van der Waals surface area contributed by atoms with Crippen LogP contribution in [0.15, 0.2) is 115 Å². The van der Waals surface area contributed by atoms with Gasteiger partial charge in [0.05, 0.1) is 12.8 Å². The largest absolute Gasteiger partial charge is 0.493 e. The van der Waals surface area contributed by atoms with E-state index in [2.05, 4.69) is 60.1 Å². The summed E-state index contributed by atoms with van der Waals surface area (Å²) >= 11 is 6.18. The number of rotatable bonds is 14. The van der Waals surface area contributed by atoms with Gasteiger partial charge in [0.2, 0.25) is 11.8 Å². The maximum Gasteiger partial charge on any atom is 0.246 e. The molecule has 0 N–H and O–H groups in total. The molecular formula is C43H44Cl2FN3O4.